The predicted octanol–water partition coefficient (Wildman–Crippen LogP) is 4.35. The van der Waals surface area contributed by atoms with Crippen LogP contribution >= 0.6 is 0 Å². The van der Waals surface area contributed by atoms with E-state index in [4.69, 9.17) is 0 Å². The second-order valence-electron chi connectivity index (χ2n) is 9.20. The van der Waals surface area contributed by atoms with Gasteiger partial charge in [-0.25, -0.2) is 13.4 Å². The number of imidazole rings is 1. The zero-order chi connectivity index (χ0) is 22.7. The average Bonchev–Trinajstić information content (AvgIpc) is 3.52. The number of H-pyrrole nitrogens is 1. The molecular weight excluding hydrogens is 434 g/mol. The Morgan fingerprint density at radius 2 is 1.85 bits per heavy atom. The van der Waals surface area contributed by atoms with Gasteiger partial charge in [0.25, 0.3) is 0 Å². The van der Waals surface area contributed by atoms with Gasteiger partial charge in [-0.1, -0.05) is 43.9 Å². The summed E-state index contributed by atoms with van der Waals surface area (Å²) in [5.41, 5.74) is 3.15. The Kier molecular flexibility index (Phi) is 6.46. The second-order valence-corrected chi connectivity index (χ2v) is 11.1. The Hall–Kier alpha value is -2.71. The lowest BCUT2D eigenvalue weighted by Gasteiger charge is -2.34. The minimum absolute atomic E-state index is 0.0731. The van der Waals surface area contributed by atoms with Crippen LogP contribution in [0.15, 0.2) is 66.2 Å². The molecule has 174 valence electrons. The van der Waals surface area contributed by atoms with Crippen LogP contribution in [0.3, 0.4) is 0 Å². The minimum Gasteiger partial charge on any atom is -0.361 e. The number of sulfonamides is 1. The fourth-order valence-electron chi connectivity index (χ4n) is 5.28. The second kappa shape index (κ2) is 9.65. The highest BCUT2D eigenvalue weighted by molar-refractivity contribution is 7.89. The van der Waals surface area contributed by atoms with Crippen molar-refractivity contribution < 1.29 is 8.42 Å². The standard InChI is InChI=1S/C25H31N5O2S/c31-33(32,24-9-5-13-26-15-24)29-16-21-8-3-4-10-25(21)30(17-22-14-27-19-28-22)23(18-29)12-11-20-6-1-2-7-20/h3-5,8-10,13-15,19-20,23H,1-2,6-7,11-12,16-18H2,(H,27,28)/t23-/m0/s1. The van der Waals surface area contributed by atoms with Crippen molar-refractivity contribution in [3.63, 3.8) is 0 Å². The first-order valence-corrected chi connectivity index (χ1v) is 13.3. The van der Waals surface area contributed by atoms with Gasteiger partial charge in [0.1, 0.15) is 4.90 Å². The maximum atomic E-state index is 13.6. The van der Waals surface area contributed by atoms with Gasteiger partial charge in [-0.3, -0.25) is 4.98 Å². The van der Waals surface area contributed by atoms with Gasteiger partial charge < -0.3 is 9.88 Å². The Morgan fingerprint density at radius 3 is 2.61 bits per heavy atom. The van der Waals surface area contributed by atoms with E-state index < -0.39 is 10.0 Å². The van der Waals surface area contributed by atoms with Crippen LogP contribution in [0.25, 0.3) is 0 Å². The van der Waals surface area contributed by atoms with Gasteiger partial charge in [0.05, 0.1) is 18.6 Å². The molecule has 0 amide bonds. The number of aromatic nitrogens is 3. The van der Waals surface area contributed by atoms with E-state index >= 15 is 0 Å². The number of rotatable bonds is 7. The molecule has 1 aliphatic carbocycles. The van der Waals surface area contributed by atoms with Gasteiger partial charge in [0, 0.05) is 43.4 Å². The van der Waals surface area contributed by atoms with Crippen molar-refractivity contribution in [2.45, 2.75) is 62.6 Å². The van der Waals surface area contributed by atoms with E-state index in [2.05, 4.69) is 25.9 Å². The first kappa shape index (κ1) is 22.1. The highest BCUT2D eigenvalue weighted by Crippen LogP contribution is 2.35. The molecule has 33 heavy (non-hydrogen) atoms. The van der Waals surface area contributed by atoms with Crippen molar-refractivity contribution in [1.29, 1.82) is 0 Å². The molecule has 1 aliphatic heterocycles. The maximum Gasteiger partial charge on any atom is 0.244 e. The van der Waals surface area contributed by atoms with Crippen molar-refractivity contribution in [1.82, 2.24) is 19.3 Å². The third-order valence-corrected chi connectivity index (χ3v) is 8.85. The summed E-state index contributed by atoms with van der Waals surface area (Å²) in [5.74, 6) is 0.751. The number of benzene rings is 1. The largest absolute Gasteiger partial charge is 0.361 e. The van der Waals surface area contributed by atoms with E-state index in [-0.39, 0.29) is 10.9 Å². The van der Waals surface area contributed by atoms with Gasteiger partial charge in [0.2, 0.25) is 10.0 Å². The molecule has 2 aliphatic rings. The molecule has 0 unspecified atom stereocenters. The molecule has 1 fully saturated rings. The SMILES string of the molecule is O=S(=O)(c1cccnc1)N1Cc2ccccc2N(Cc2cnc[nH]2)[C@@H](CCC2CCCC2)C1. The number of nitrogens with one attached hydrogen (secondary N) is 1. The van der Waals surface area contributed by atoms with Gasteiger partial charge in [-0.05, 0) is 42.5 Å². The molecule has 1 N–H and O–H groups in total. The summed E-state index contributed by atoms with van der Waals surface area (Å²) in [6, 6.07) is 11.6. The molecule has 7 nitrogen and oxygen atoms in total. The summed E-state index contributed by atoms with van der Waals surface area (Å²) >= 11 is 0. The molecule has 0 radical (unpaired) electrons. The molecule has 1 aromatic carbocycles. The lowest BCUT2D eigenvalue weighted by molar-refractivity contribution is 0.350. The van der Waals surface area contributed by atoms with Crippen molar-refractivity contribution in [2.75, 3.05) is 11.4 Å². The van der Waals surface area contributed by atoms with Crippen LogP contribution in [0.4, 0.5) is 5.69 Å². The summed E-state index contributed by atoms with van der Waals surface area (Å²) in [6.45, 7) is 1.48. The number of para-hydroxylation sites is 1. The van der Waals surface area contributed by atoms with Crippen LogP contribution in [0.2, 0.25) is 0 Å². The monoisotopic (exact) mass is 465 g/mol. The molecule has 1 atom stereocenters. The van der Waals surface area contributed by atoms with Crippen LogP contribution in [0.5, 0.6) is 0 Å². The van der Waals surface area contributed by atoms with E-state index in [1.165, 1.54) is 31.9 Å². The number of fused-ring (bicyclic) bond motifs is 1. The third-order valence-electron chi connectivity index (χ3n) is 7.05. The molecule has 2 aromatic heterocycles. The van der Waals surface area contributed by atoms with Crippen LogP contribution in [0.1, 0.15) is 49.8 Å². The van der Waals surface area contributed by atoms with E-state index in [0.717, 1.165) is 35.7 Å². The highest BCUT2D eigenvalue weighted by Gasteiger charge is 2.35. The van der Waals surface area contributed by atoms with E-state index in [1.54, 1.807) is 29.0 Å². The molecule has 0 saturated heterocycles. The zero-order valence-electron chi connectivity index (χ0n) is 18.8. The minimum atomic E-state index is -3.66. The van der Waals surface area contributed by atoms with Crippen molar-refractivity contribution >= 4 is 15.7 Å². The summed E-state index contributed by atoms with van der Waals surface area (Å²) in [5, 5.41) is 0. The predicted molar refractivity (Wildman–Crippen MR) is 128 cm³/mol. The number of aromatic amines is 1. The molecule has 1 saturated carbocycles. The van der Waals surface area contributed by atoms with E-state index in [0.29, 0.717) is 19.6 Å². The van der Waals surface area contributed by atoms with Gasteiger partial charge in [-0.15, -0.1) is 0 Å². The van der Waals surface area contributed by atoms with E-state index in [9.17, 15) is 8.42 Å². The fourth-order valence-corrected chi connectivity index (χ4v) is 6.70. The number of anilines is 1. The third kappa shape index (κ3) is 4.82. The molecule has 5 rings (SSSR count). The summed E-state index contributed by atoms with van der Waals surface area (Å²) in [7, 11) is -3.66. The van der Waals surface area contributed by atoms with Crippen LogP contribution in [-0.2, 0) is 23.1 Å². The summed E-state index contributed by atoms with van der Waals surface area (Å²) in [4.78, 5) is 14.1. The van der Waals surface area contributed by atoms with Crippen molar-refractivity contribution in [3.8, 4) is 0 Å². The Labute approximate surface area is 195 Å². The van der Waals surface area contributed by atoms with Crippen molar-refractivity contribution in [3.05, 3.63) is 72.6 Å². The molecule has 8 heteroatoms. The maximum absolute atomic E-state index is 13.6. The first-order valence-electron chi connectivity index (χ1n) is 11.8. The van der Waals surface area contributed by atoms with E-state index in [1.807, 2.05) is 24.4 Å². The summed E-state index contributed by atoms with van der Waals surface area (Å²) < 4.78 is 28.9. The van der Waals surface area contributed by atoms with Gasteiger partial charge in [0.15, 0.2) is 0 Å². The smallest absolute Gasteiger partial charge is 0.244 e. The molecular formula is C25H31N5O2S. The normalized spacial score (nSPS) is 20.0. The topological polar surface area (TPSA) is 82.2 Å². The van der Waals surface area contributed by atoms with Crippen LogP contribution in [-0.4, -0.2) is 40.3 Å². The Balaban J connectivity index is 1.51. The number of hydrogen-bond acceptors (Lipinski definition) is 5. The Morgan fingerprint density at radius 1 is 1.00 bits per heavy atom. The molecule has 3 aromatic rings. The lowest BCUT2D eigenvalue weighted by atomic mass is 9.97. The number of hydrogen-bond donors (Lipinski definition) is 1. The quantitative estimate of drug-likeness (QED) is 0.561. The number of pyridine rings is 1. The fraction of sp³-hybridized carbons (Fsp3) is 0.440. The summed E-state index contributed by atoms with van der Waals surface area (Å²) in [6.07, 6.45) is 13.9. The van der Waals surface area contributed by atoms with Crippen molar-refractivity contribution in [2.24, 2.45) is 5.92 Å². The molecule has 3 heterocycles. The first-order chi connectivity index (χ1) is 16.1. The van der Waals surface area contributed by atoms with Gasteiger partial charge in [-0.2, -0.15) is 4.31 Å². The molecule has 0 spiro atoms. The average molecular weight is 466 g/mol. The highest BCUT2D eigenvalue weighted by atomic mass is 32.2. The molecule has 0 bridgehead atoms. The zero-order valence-corrected chi connectivity index (χ0v) is 19.6. The van der Waals surface area contributed by atoms with Gasteiger partial charge >= 0.3 is 0 Å². The lowest BCUT2D eigenvalue weighted by Crippen LogP contribution is -2.43. The Bertz CT molecular complexity index is 1140. The van der Waals surface area contributed by atoms with Crippen LogP contribution < -0.4 is 4.90 Å². The number of nitrogens with zero attached hydrogens (tertiary/aromatic N) is 4. The van der Waals surface area contributed by atoms with Crippen LogP contribution in [0, 0.1) is 5.92 Å².